The van der Waals surface area contributed by atoms with Crippen LogP contribution in [0.5, 0.6) is 0 Å². The van der Waals surface area contributed by atoms with E-state index in [1.807, 2.05) is 0 Å². The molecule has 3 rings (SSSR count). The van der Waals surface area contributed by atoms with Crippen LogP contribution in [-0.2, 0) is 5.54 Å². The van der Waals surface area contributed by atoms with Gasteiger partial charge in [-0.25, -0.2) is 4.79 Å². The zero-order valence-electron chi connectivity index (χ0n) is 13.5. The predicted octanol–water partition coefficient (Wildman–Crippen LogP) is 2.85. The highest BCUT2D eigenvalue weighted by Gasteiger charge is 2.49. The van der Waals surface area contributed by atoms with E-state index in [1.165, 1.54) is 5.56 Å². The van der Waals surface area contributed by atoms with Crippen LogP contribution in [0, 0.1) is 0 Å². The molecule has 1 atom stereocenters. The Labute approximate surface area is 133 Å². The molecule has 4 nitrogen and oxygen atoms in total. The fourth-order valence-electron chi connectivity index (χ4n) is 3.98. The lowest BCUT2D eigenvalue weighted by Gasteiger charge is -2.44. The second-order valence-electron chi connectivity index (χ2n) is 6.51. The van der Waals surface area contributed by atoms with Crippen molar-refractivity contribution in [3.63, 3.8) is 0 Å². The number of benzene rings is 1. The SMILES string of the molecule is CCCCC1(c2ccccc2)CNC(=O)N1C1CCNCC1. The molecule has 22 heavy (non-hydrogen) atoms. The van der Waals surface area contributed by atoms with E-state index in [4.69, 9.17) is 0 Å². The number of carbonyl (C=O) groups excluding carboxylic acids is 1. The molecule has 2 aliphatic heterocycles. The van der Waals surface area contributed by atoms with Gasteiger partial charge in [-0.05, 0) is 37.9 Å². The van der Waals surface area contributed by atoms with E-state index >= 15 is 0 Å². The van der Waals surface area contributed by atoms with Crippen molar-refractivity contribution in [2.75, 3.05) is 19.6 Å². The largest absolute Gasteiger partial charge is 0.335 e. The second-order valence-corrected chi connectivity index (χ2v) is 6.51. The Bertz CT molecular complexity index is 498. The van der Waals surface area contributed by atoms with Crippen molar-refractivity contribution in [3.05, 3.63) is 35.9 Å². The maximum Gasteiger partial charge on any atom is 0.318 e. The summed E-state index contributed by atoms with van der Waals surface area (Å²) in [5.41, 5.74) is 1.11. The van der Waals surface area contributed by atoms with Crippen LogP contribution in [0.15, 0.2) is 30.3 Å². The normalized spacial score (nSPS) is 26.2. The maximum atomic E-state index is 12.6. The van der Waals surface area contributed by atoms with Gasteiger partial charge in [0.25, 0.3) is 0 Å². The van der Waals surface area contributed by atoms with Crippen LogP contribution < -0.4 is 10.6 Å². The van der Waals surface area contributed by atoms with Gasteiger partial charge in [-0.15, -0.1) is 0 Å². The summed E-state index contributed by atoms with van der Waals surface area (Å²) in [4.78, 5) is 14.8. The van der Waals surface area contributed by atoms with Gasteiger partial charge < -0.3 is 15.5 Å². The molecule has 0 aliphatic carbocycles. The number of hydrogen-bond donors (Lipinski definition) is 2. The molecule has 0 radical (unpaired) electrons. The first-order valence-electron chi connectivity index (χ1n) is 8.61. The summed E-state index contributed by atoms with van der Waals surface area (Å²) in [6.07, 6.45) is 5.44. The van der Waals surface area contributed by atoms with Crippen LogP contribution >= 0.6 is 0 Å². The molecule has 0 saturated carbocycles. The number of piperidine rings is 1. The van der Waals surface area contributed by atoms with Crippen molar-refractivity contribution in [2.24, 2.45) is 0 Å². The molecule has 0 aromatic heterocycles. The Balaban J connectivity index is 1.96. The summed E-state index contributed by atoms with van der Waals surface area (Å²) in [5.74, 6) is 0. The van der Waals surface area contributed by atoms with Gasteiger partial charge in [-0.1, -0.05) is 50.1 Å². The van der Waals surface area contributed by atoms with Crippen molar-refractivity contribution in [3.8, 4) is 0 Å². The van der Waals surface area contributed by atoms with Crippen LogP contribution in [0.1, 0.15) is 44.6 Å². The van der Waals surface area contributed by atoms with Crippen molar-refractivity contribution in [1.29, 1.82) is 0 Å². The first-order valence-corrected chi connectivity index (χ1v) is 8.61. The monoisotopic (exact) mass is 301 g/mol. The molecule has 120 valence electrons. The van der Waals surface area contributed by atoms with Crippen molar-refractivity contribution < 1.29 is 4.79 Å². The Morgan fingerprint density at radius 3 is 2.64 bits per heavy atom. The van der Waals surface area contributed by atoms with E-state index < -0.39 is 0 Å². The number of urea groups is 1. The summed E-state index contributed by atoms with van der Waals surface area (Å²) in [7, 11) is 0. The number of amides is 2. The third kappa shape index (κ3) is 2.72. The summed E-state index contributed by atoms with van der Waals surface area (Å²) < 4.78 is 0. The van der Waals surface area contributed by atoms with Gasteiger partial charge in [0.05, 0.1) is 5.54 Å². The topological polar surface area (TPSA) is 44.4 Å². The molecule has 2 saturated heterocycles. The lowest BCUT2D eigenvalue weighted by Crippen LogP contribution is -2.53. The average molecular weight is 301 g/mol. The highest BCUT2D eigenvalue weighted by molar-refractivity contribution is 5.79. The smallest absolute Gasteiger partial charge is 0.318 e. The van der Waals surface area contributed by atoms with Gasteiger partial charge in [0, 0.05) is 12.6 Å². The van der Waals surface area contributed by atoms with Crippen LogP contribution in [0.25, 0.3) is 0 Å². The maximum absolute atomic E-state index is 12.6. The number of nitrogens with one attached hydrogen (secondary N) is 2. The molecule has 2 N–H and O–H groups in total. The van der Waals surface area contributed by atoms with E-state index in [0.717, 1.165) is 51.7 Å². The summed E-state index contributed by atoms with van der Waals surface area (Å²) in [6, 6.07) is 11.1. The van der Waals surface area contributed by atoms with Crippen LogP contribution in [0.4, 0.5) is 4.79 Å². The molecule has 2 aliphatic rings. The Morgan fingerprint density at radius 2 is 1.95 bits per heavy atom. The van der Waals surface area contributed by atoms with E-state index in [-0.39, 0.29) is 11.6 Å². The van der Waals surface area contributed by atoms with Crippen molar-refractivity contribution in [2.45, 2.75) is 50.6 Å². The van der Waals surface area contributed by atoms with Crippen molar-refractivity contribution >= 4 is 6.03 Å². The number of carbonyl (C=O) groups is 1. The highest BCUT2D eigenvalue weighted by Crippen LogP contribution is 2.39. The lowest BCUT2D eigenvalue weighted by atomic mass is 9.82. The summed E-state index contributed by atoms with van der Waals surface area (Å²) >= 11 is 0. The number of rotatable bonds is 5. The Hall–Kier alpha value is -1.55. The third-order valence-corrected chi connectivity index (χ3v) is 5.14. The van der Waals surface area contributed by atoms with E-state index in [9.17, 15) is 4.79 Å². The zero-order valence-corrected chi connectivity index (χ0v) is 13.5. The lowest BCUT2D eigenvalue weighted by molar-refractivity contribution is 0.0889. The summed E-state index contributed by atoms with van der Waals surface area (Å²) in [5, 5.41) is 6.54. The fourth-order valence-corrected chi connectivity index (χ4v) is 3.98. The van der Waals surface area contributed by atoms with E-state index in [0.29, 0.717) is 6.04 Å². The third-order valence-electron chi connectivity index (χ3n) is 5.14. The van der Waals surface area contributed by atoms with Gasteiger partial charge in [-0.2, -0.15) is 0 Å². The predicted molar refractivity (Wildman–Crippen MR) is 88.8 cm³/mol. The molecular weight excluding hydrogens is 274 g/mol. The molecule has 0 spiro atoms. The molecule has 4 heteroatoms. The minimum Gasteiger partial charge on any atom is -0.335 e. The van der Waals surface area contributed by atoms with Gasteiger partial charge in [0.15, 0.2) is 0 Å². The first-order chi connectivity index (χ1) is 10.8. The van der Waals surface area contributed by atoms with Gasteiger partial charge >= 0.3 is 6.03 Å². The summed E-state index contributed by atoms with van der Waals surface area (Å²) in [6.45, 7) is 4.97. The molecule has 2 heterocycles. The zero-order chi connectivity index (χ0) is 15.4. The van der Waals surface area contributed by atoms with Gasteiger partial charge in [-0.3, -0.25) is 0 Å². The number of hydrogen-bond acceptors (Lipinski definition) is 2. The molecule has 1 aromatic carbocycles. The molecule has 2 fully saturated rings. The van der Waals surface area contributed by atoms with E-state index in [2.05, 4.69) is 52.8 Å². The Morgan fingerprint density at radius 1 is 1.23 bits per heavy atom. The quantitative estimate of drug-likeness (QED) is 0.878. The minimum atomic E-state index is -0.170. The molecular formula is C18H27N3O. The van der Waals surface area contributed by atoms with Crippen LogP contribution in [0.2, 0.25) is 0 Å². The van der Waals surface area contributed by atoms with Gasteiger partial charge in [0.2, 0.25) is 0 Å². The molecule has 2 amide bonds. The van der Waals surface area contributed by atoms with Crippen LogP contribution in [0.3, 0.4) is 0 Å². The standard InChI is InChI=1S/C18H27N3O/c1-2-3-11-18(15-7-5-4-6-8-15)14-20-17(22)21(18)16-9-12-19-13-10-16/h4-8,16,19H,2-3,9-14H2,1H3,(H,20,22). The molecule has 0 bridgehead atoms. The minimum absolute atomic E-state index is 0.117. The molecule has 1 unspecified atom stereocenters. The second kappa shape index (κ2) is 6.69. The first kappa shape index (κ1) is 15.3. The van der Waals surface area contributed by atoms with Crippen molar-refractivity contribution in [1.82, 2.24) is 15.5 Å². The molecule has 1 aromatic rings. The van der Waals surface area contributed by atoms with Crippen LogP contribution in [-0.4, -0.2) is 36.6 Å². The average Bonchev–Trinajstić information content (AvgIpc) is 2.92. The number of nitrogens with zero attached hydrogens (tertiary/aromatic N) is 1. The Kier molecular flexibility index (Phi) is 4.67. The van der Waals surface area contributed by atoms with E-state index in [1.54, 1.807) is 0 Å². The highest BCUT2D eigenvalue weighted by atomic mass is 16.2. The number of unbranched alkanes of at least 4 members (excludes halogenated alkanes) is 1. The fraction of sp³-hybridized carbons (Fsp3) is 0.611. The van der Waals surface area contributed by atoms with Gasteiger partial charge in [0.1, 0.15) is 0 Å².